The maximum absolute atomic E-state index is 2.47. The van der Waals surface area contributed by atoms with Crippen molar-refractivity contribution in [2.24, 2.45) is 0 Å². The van der Waals surface area contributed by atoms with Crippen LogP contribution in [0.15, 0.2) is 273 Å². The van der Waals surface area contributed by atoms with Crippen molar-refractivity contribution in [3.8, 4) is 67.0 Å². The molecule has 0 spiro atoms. The molecular weight excluding hydrogens is 1000 g/mol. The van der Waals surface area contributed by atoms with Crippen molar-refractivity contribution in [2.75, 3.05) is 4.90 Å². The minimum Gasteiger partial charge on any atom is -0.310 e. The molecule has 12 aromatic carbocycles. The zero-order chi connectivity index (χ0) is 56.1. The molecule has 0 atom stereocenters. The van der Waals surface area contributed by atoms with Crippen LogP contribution in [0, 0.1) is 6.92 Å². The number of fused-ring (bicyclic) bond motifs is 9. The van der Waals surface area contributed by atoms with Crippen LogP contribution in [0.25, 0.3) is 111 Å². The molecule has 0 saturated heterocycles. The lowest BCUT2D eigenvalue weighted by Crippen LogP contribution is -2.17. The number of nitrogens with zero attached hydrogens (tertiary/aromatic N) is 3. The van der Waals surface area contributed by atoms with E-state index in [1.807, 2.05) is 0 Å². The highest BCUT2D eigenvalue weighted by Crippen LogP contribution is 2.55. The third-order valence-electron chi connectivity index (χ3n) is 17.7. The number of rotatable bonds is 9. The van der Waals surface area contributed by atoms with Gasteiger partial charge in [-0.2, -0.15) is 0 Å². The zero-order valence-corrected chi connectivity index (χ0v) is 47.8. The highest BCUT2D eigenvalue weighted by Gasteiger charge is 2.39. The fourth-order valence-electron chi connectivity index (χ4n) is 13.4. The normalized spacial score (nSPS) is 12.8. The molecule has 0 aliphatic heterocycles. The number of aromatic nitrogens is 2. The molecule has 398 valence electrons. The van der Waals surface area contributed by atoms with E-state index in [2.05, 4.69) is 329 Å². The average molecular weight is 1070 g/mol. The molecule has 0 amide bonds. The lowest BCUT2D eigenvalue weighted by molar-refractivity contribution is 0.590. The molecule has 1 aliphatic rings. The van der Waals surface area contributed by atoms with Gasteiger partial charge in [0.15, 0.2) is 0 Å². The predicted octanol–water partition coefficient (Wildman–Crippen LogP) is 21.9. The van der Waals surface area contributed by atoms with E-state index in [1.54, 1.807) is 0 Å². The number of aryl methyl sites for hydroxylation is 1. The molecule has 2 aromatic heterocycles. The molecule has 14 aromatic rings. The smallest absolute Gasteiger partial charge is 0.0541 e. The highest BCUT2D eigenvalue weighted by molar-refractivity contribution is 6.12. The second-order valence-corrected chi connectivity index (χ2v) is 24.3. The first kappa shape index (κ1) is 50.0. The van der Waals surface area contributed by atoms with Crippen LogP contribution in [0.2, 0.25) is 0 Å². The third-order valence-corrected chi connectivity index (χ3v) is 17.7. The van der Waals surface area contributed by atoms with Gasteiger partial charge in [0.05, 0.1) is 22.1 Å². The molecular formula is C80H63N3. The lowest BCUT2D eigenvalue weighted by Gasteiger charge is -2.29. The molecule has 3 heteroatoms. The van der Waals surface area contributed by atoms with Crippen LogP contribution in [0.1, 0.15) is 56.9 Å². The maximum Gasteiger partial charge on any atom is 0.0541 e. The molecule has 0 N–H and O–H groups in total. The maximum atomic E-state index is 2.47. The SMILES string of the molecule is Cc1ccc(-c2cc(-c3ccc(C(C)(C)C)cc3)cc3c2C(C)(C)c2cc(N(c4ccc(-c5ccc6c(c5)c5ccccc5n6-c5ccccc5)cc4)c4ccc(-c5ccc6c(c5)c5ccccc5n6-c5ccccc5)cc4)ccc2-3)cc1. The van der Waals surface area contributed by atoms with E-state index in [0.717, 1.165) is 28.4 Å². The number of benzene rings is 12. The molecule has 0 fully saturated rings. The van der Waals surface area contributed by atoms with Gasteiger partial charge >= 0.3 is 0 Å². The summed E-state index contributed by atoms with van der Waals surface area (Å²) in [5.74, 6) is 0. The first-order valence-corrected chi connectivity index (χ1v) is 29.1. The zero-order valence-electron chi connectivity index (χ0n) is 47.8. The van der Waals surface area contributed by atoms with Crippen LogP contribution in [0.5, 0.6) is 0 Å². The number of hydrogen-bond donors (Lipinski definition) is 0. The topological polar surface area (TPSA) is 13.1 Å². The van der Waals surface area contributed by atoms with Crippen molar-refractivity contribution in [2.45, 2.75) is 52.4 Å². The van der Waals surface area contributed by atoms with Gasteiger partial charge in [-0.25, -0.2) is 0 Å². The standard InChI is InChI=1S/C80H63N3/c1-52-25-27-56(28-26-52)69-49-59(55-29-37-60(38-30-55)79(2,3)4)50-72-66-44-43-65(51-73(66)80(5,6)78(69)72)81(63-39-31-53(32-40-63)57-35-45-76-70(47-57)67-21-13-15-23-74(67)82(76)61-17-9-7-10-18-61)64-41-33-54(34-42-64)58-36-46-77-71(48-58)68-22-14-16-24-75(68)83(77)62-19-11-8-12-20-62/h7-51H,1-6H3. The van der Waals surface area contributed by atoms with Crippen LogP contribution >= 0.6 is 0 Å². The Kier molecular flexibility index (Phi) is 11.7. The van der Waals surface area contributed by atoms with Crippen molar-refractivity contribution in [3.05, 3.63) is 295 Å². The Balaban J connectivity index is 0.854. The molecule has 0 bridgehead atoms. The summed E-state index contributed by atoms with van der Waals surface area (Å²) in [5.41, 5.74) is 27.8. The number of para-hydroxylation sites is 4. The fourth-order valence-corrected chi connectivity index (χ4v) is 13.4. The Morgan fingerprint density at radius 3 is 1.27 bits per heavy atom. The van der Waals surface area contributed by atoms with Crippen molar-refractivity contribution in [3.63, 3.8) is 0 Å². The van der Waals surface area contributed by atoms with E-state index in [-0.39, 0.29) is 10.8 Å². The van der Waals surface area contributed by atoms with Crippen molar-refractivity contribution >= 4 is 60.7 Å². The van der Waals surface area contributed by atoms with Gasteiger partial charge in [-0.1, -0.05) is 204 Å². The average Bonchev–Trinajstić information content (AvgIpc) is 2.34. The summed E-state index contributed by atoms with van der Waals surface area (Å²) in [5, 5.41) is 4.98. The molecule has 0 radical (unpaired) electrons. The van der Waals surface area contributed by atoms with E-state index >= 15 is 0 Å². The van der Waals surface area contributed by atoms with E-state index < -0.39 is 0 Å². The molecule has 83 heavy (non-hydrogen) atoms. The van der Waals surface area contributed by atoms with E-state index in [1.165, 1.54) is 122 Å². The molecule has 2 heterocycles. The van der Waals surface area contributed by atoms with Crippen molar-refractivity contribution < 1.29 is 0 Å². The Morgan fingerprint density at radius 2 is 0.747 bits per heavy atom. The van der Waals surface area contributed by atoms with E-state index in [4.69, 9.17) is 0 Å². The Hall–Kier alpha value is -9.96. The summed E-state index contributed by atoms with van der Waals surface area (Å²) in [6.07, 6.45) is 0. The van der Waals surface area contributed by atoms with E-state index in [9.17, 15) is 0 Å². The summed E-state index contributed by atoms with van der Waals surface area (Å²) in [7, 11) is 0. The second-order valence-electron chi connectivity index (χ2n) is 24.3. The van der Waals surface area contributed by atoms with Crippen molar-refractivity contribution in [1.82, 2.24) is 9.13 Å². The minimum absolute atomic E-state index is 0.0744. The van der Waals surface area contributed by atoms with Gasteiger partial charge in [-0.15, -0.1) is 0 Å². The van der Waals surface area contributed by atoms with Gasteiger partial charge in [-0.3, -0.25) is 0 Å². The van der Waals surface area contributed by atoms with Gasteiger partial charge in [0.1, 0.15) is 0 Å². The first-order chi connectivity index (χ1) is 40.4. The van der Waals surface area contributed by atoms with Crippen LogP contribution in [0.3, 0.4) is 0 Å². The summed E-state index contributed by atoms with van der Waals surface area (Å²) < 4.78 is 4.77. The van der Waals surface area contributed by atoms with Crippen LogP contribution < -0.4 is 4.90 Å². The summed E-state index contributed by atoms with van der Waals surface area (Å²) in [4.78, 5) is 2.45. The molecule has 0 unspecified atom stereocenters. The number of hydrogen-bond acceptors (Lipinski definition) is 1. The van der Waals surface area contributed by atoms with Gasteiger partial charge in [0.25, 0.3) is 0 Å². The lowest BCUT2D eigenvalue weighted by atomic mass is 9.77. The van der Waals surface area contributed by atoms with Crippen molar-refractivity contribution in [1.29, 1.82) is 0 Å². The fraction of sp³-hybridized carbons (Fsp3) is 0.100. The number of anilines is 3. The molecule has 0 saturated carbocycles. The predicted molar refractivity (Wildman–Crippen MR) is 353 cm³/mol. The minimum atomic E-state index is -0.306. The van der Waals surface area contributed by atoms with Gasteiger partial charge < -0.3 is 14.0 Å². The third kappa shape index (κ3) is 8.41. The van der Waals surface area contributed by atoms with Crippen LogP contribution in [-0.2, 0) is 10.8 Å². The monoisotopic (exact) mass is 1070 g/mol. The summed E-state index contributed by atoms with van der Waals surface area (Å²) in [6.45, 7) is 13.9. The van der Waals surface area contributed by atoms with E-state index in [0.29, 0.717) is 0 Å². The second kappa shape index (κ2) is 19.4. The van der Waals surface area contributed by atoms with Gasteiger partial charge in [-0.05, 0) is 194 Å². The molecule has 1 aliphatic carbocycles. The van der Waals surface area contributed by atoms with Gasteiger partial charge in [0, 0.05) is 55.4 Å². The first-order valence-electron chi connectivity index (χ1n) is 29.1. The Bertz CT molecular complexity index is 4600. The molecule has 3 nitrogen and oxygen atoms in total. The largest absolute Gasteiger partial charge is 0.310 e. The van der Waals surface area contributed by atoms with Crippen LogP contribution in [0.4, 0.5) is 17.1 Å². The van der Waals surface area contributed by atoms with Crippen LogP contribution in [-0.4, -0.2) is 9.13 Å². The Morgan fingerprint density at radius 1 is 0.325 bits per heavy atom. The Labute approximate surface area is 486 Å². The summed E-state index contributed by atoms with van der Waals surface area (Å²) in [6, 6.07) is 102. The van der Waals surface area contributed by atoms with Gasteiger partial charge in [0.2, 0.25) is 0 Å². The highest BCUT2D eigenvalue weighted by atomic mass is 15.1. The quantitative estimate of drug-likeness (QED) is 0.140. The molecule has 15 rings (SSSR count). The summed E-state index contributed by atoms with van der Waals surface area (Å²) >= 11 is 0.